The van der Waals surface area contributed by atoms with Gasteiger partial charge in [-0.2, -0.15) is 0 Å². The van der Waals surface area contributed by atoms with Gasteiger partial charge < -0.3 is 0 Å². The first-order valence-corrected chi connectivity index (χ1v) is 4.46. The van der Waals surface area contributed by atoms with Crippen LogP contribution < -0.4 is 0 Å². The number of hydrogen-bond donors (Lipinski definition) is 0. The van der Waals surface area contributed by atoms with Gasteiger partial charge >= 0.3 is 26.6 Å². The summed E-state index contributed by atoms with van der Waals surface area (Å²) in [6.45, 7) is 21.0. The van der Waals surface area contributed by atoms with Crippen LogP contribution in [0, 0.1) is 71.0 Å². The van der Waals surface area contributed by atoms with Gasteiger partial charge in [0.15, 0.2) is 0 Å². The molecule has 0 N–H and O–H groups in total. The van der Waals surface area contributed by atoms with E-state index in [9.17, 15) is 0 Å². The summed E-state index contributed by atoms with van der Waals surface area (Å²) in [6.07, 6.45) is 0. The fourth-order valence-corrected chi connectivity index (χ4v) is 0. The van der Waals surface area contributed by atoms with Crippen LogP contribution in [-0.4, -0.2) is 0 Å². The minimum atomic E-state index is 1.25. The molecular weight excluding hydrogens is 236 g/mol. The van der Waals surface area contributed by atoms with Crippen LogP contribution in [0.25, 0.3) is 0 Å². The second-order valence-electron chi connectivity index (χ2n) is 0.354. The summed E-state index contributed by atoms with van der Waals surface area (Å²) < 4.78 is 0. The molecule has 0 saturated carbocycles. The summed E-state index contributed by atoms with van der Waals surface area (Å²) in [5.74, 6) is 4.25. The van der Waals surface area contributed by atoms with E-state index in [1.807, 2.05) is 0 Å². The van der Waals surface area contributed by atoms with Crippen molar-refractivity contribution in [3.63, 3.8) is 0 Å². The average Bonchev–Trinajstić information content (AvgIpc) is 2.44. The third kappa shape index (κ3) is 159. The van der Waals surface area contributed by atoms with Gasteiger partial charge in [-0.05, 0) is 0 Å². The summed E-state index contributed by atoms with van der Waals surface area (Å²) in [4.78, 5) is 0. The van der Waals surface area contributed by atoms with Gasteiger partial charge in [-0.25, -0.2) is 31.6 Å². The van der Waals surface area contributed by atoms with Crippen LogP contribution in [0.1, 0.15) is 0 Å². The van der Waals surface area contributed by atoms with Crippen molar-refractivity contribution in [2.24, 2.45) is 0 Å². The van der Waals surface area contributed by atoms with Crippen LogP contribution >= 0.6 is 0 Å². The van der Waals surface area contributed by atoms with E-state index in [0.717, 1.165) is 0 Å². The van der Waals surface area contributed by atoms with Gasteiger partial charge in [-0.1, -0.05) is 0 Å². The molecule has 6 nitrogen and oxygen atoms in total. The van der Waals surface area contributed by atoms with Gasteiger partial charge in [0.1, 0.15) is 0 Å². The van der Waals surface area contributed by atoms with Gasteiger partial charge in [-0.3, -0.25) is 0 Å². The van der Waals surface area contributed by atoms with Crippen molar-refractivity contribution in [3.8, 4) is 39.4 Å². The predicted molar refractivity (Wildman–Crippen MR) is 51.7 cm³/mol. The fraction of sp³-hybridized carbons (Fsp3) is 0.250. The molecule has 0 fully saturated rings. The molecule has 0 atom stereocenters. The van der Waals surface area contributed by atoms with Crippen LogP contribution in [0.3, 0.4) is 0 Å². The Labute approximate surface area is 98.0 Å². The second kappa shape index (κ2) is 528. The number of hydrogen-bond acceptors (Lipinski definition) is 6. The summed E-state index contributed by atoms with van der Waals surface area (Å²) >= 11 is 1.25. The van der Waals surface area contributed by atoms with Gasteiger partial charge in [0.25, 0.3) is 0 Å². The fourth-order valence-electron chi connectivity index (χ4n) is 0. The van der Waals surface area contributed by atoms with E-state index in [2.05, 4.69) is 51.1 Å². The molecule has 82 valence electrons. The predicted octanol–water partition coefficient (Wildman–Crippen LogP) is 2.00. The molecule has 0 aliphatic carbocycles. The Bertz CT molecular complexity index is 105. The number of rotatable bonds is 0. The Morgan fingerprint density at radius 2 is 0.467 bits per heavy atom. The van der Waals surface area contributed by atoms with Crippen LogP contribution in [0.2, 0.25) is 11.6 Å². The Morgan fingerprint density at radius 1 is 0.467 bits per heavy atom. The standard InChI is InChI=1S/6CHN.2CH3.Fe/c6*1-2;;;/h6*1H;2*1H3;. The third-order valence-electron chi connectivity index (χ3n) is 0. The zero-order chi connectivity index (χ0) is 14.7. The SMILES string of the molecule is C#N.C#N.C#N.C#N.C#N.C#N.[CH3][Fe][CH3]. The molecule has 15 heavy (non-hydrogen) atoms. The van der Waals surface area contributed by atoms with Crippen LogP contribution in [0.15, 0.2) is 0 Å². The molecule has 0 unspecified atom stereocenters. The number of nitriles is 6. The monoisotopic (exact) mass is 248 g/mol. The van der Waals surface area contributed by atoms with Crippen molar-refractivity contribution in [3.05, 3.63) is 0 Å². The van der Waals surface area contributed by atoms with E-state index in [1.54, 1.807) is 0 Å². The maximum absolute atomic E-state index is 6.50. The van der Waals surface area contributed by atoms with Gasteiger partial charge in [0, 0.05) is 39.4 Å². The molecule has 0 aromatic rings. The molecule has 0 bridgehead atoms. The van der Waals surface area contributed by atoms with Crippen molar-refractivity contribution < 1.29 is 15.0 Å². The van der Waals surface area contributed by atoms with Crippen LogP contribution in [0.5, 0.6) is 0 Å². The Hall–Kier alpha value is -2.54. The van der Waals surface area contributed by atoms with Crippen LogP contribution in [0.4, 0.5) is 0 Å². The van der Waals surface area contributed by atoms with Crippen molar-refractivity contribution in [2.75, 3.05) is 0 Å². The Morgan fingerprint density at radius 3 is 0.467 bits per heavy atom. The average molecular weight is 248 g/mol. The van der Waals surface area contributed by atoms with E-state index < -0.39 is 0 Å². The second-order valence-corrected chi connectivity index (χ2v) is 1.46. The molecule has 0 aliphatic heterocycles. The first-order valence-electron chi connectivity index (χ1n) is 2.26. The maximum atomic E-state index is 6.50. The molecule has 0 saturated heterocycles. The summed E-state index contributed by atoms with van der Waals surface area (Å²) in [5, 5.41) is 39.0. The third-order valence-corrected chi connectivity index (χ3v) is 0. The number of nitrogens with zero attached hydrogens (tertiary/aromatic N) is 6. The zero-order valence-corrected chi connectivity index (χ0v) is 9.61. The first-order chi connectivity index (χ1) is 7.41. The van der Waals surface area contributed by atoms with Crippen LogP contribution in [-0.2, 0) is 15.0 Å². The topological polar surface area (TPSA) is 143 Å². The Kier molecular flexibility index (Phi) is 1930. The van der Waals surface area contributed by atoms with E-state index in [1.165, 1.54) is 15.0 Å². The quantitative estimate of drug-likeness (QED) is 0.599. The van der Waals surface area contributed by atoms with Crippen molar-refractivity contribution in [2.45, 2.75) is 11.6 Å². The molecule has 0 aromatic carbocycles. The molecule has 0 aliphatic rings. The Balaban J connectivity index is -0.0000000101. The van der Waals surface area contributed by atoms with Gasteiger partial charge in [0.05, 0.1) is 0 Å². The van der Waals surface area contributed by atoms with Crippen molar-refractivity contribution in [1.82, 2.24) is 0 Å². The summed E-state index contributed by atoms with van der Waals surface area (Å²) in [5.41, 5.74) is 0. The normalized spacial score (nSPS) is 2.27. The molecule has 0 amide bonds. The molecule has 0 rings (SSSR count). The van der Waals surface area contributed by atoms with Gasteiger partial charge in [0.2, 0.25) is 0 Å². The molecule has 0 aromatic heterocycles. The molecule has 0 radical (unpaired) electrons. The molecular formula is C8H12FeN6. The van der Waals surface area contributed by atoms with E-state index in [4.69, 9.17) is 31.6 Å². The van der Waals surface area contributed by atoms with E-state index >= 15 is 0 Å². The van der Waals surface area contributed by atoms with Crippen molar-refractivity contribution in [1.29, 1.82) is 31.6 Å². The first kappa shape index (κ1) is 54.9. The summed E-state index contributed by atoms with van der Waals surface area (Å²) in [7, 11) is 0. The van der Waals surface area contributed by atoms with Crippen molar-refractivity contribution >= 4 is 0 Å². The molecule has 0 heterocycles. The van der Waals surface area contributed by atoms with Gasteiger partial charge in [-0.15, -0.1) is 0 Å². The zero-order valence-electron chi connectivity index (χ0n) is 8.50. The molecule has 0 spiro atoms. The molecule has 7 heteroatoms. The van der Waals surface area contributed by atoms with E-state index in [0.29, 0.717) is 0 Å². The minimum absolute atomic E-state index is 1.25. The summed E-state index contributed by atoms with van der Waals surface area (Å²) in [6, 6.07) is 0. The van der Waals surface area contributed by atoms with E-state index in [-0.39, 0.29) is 0 Å².